The van der Waals surface area contributed by atoms with Gasteiger partial charge in [0.1, 0.15) is 11.6 Å². The molecule has 0 spiro atoms. The number of nitrogens with zero attached hydrogens (tertiary/aromatic N) is 1. The molecule has 2 aromatic rings. The molecule has 0 fully saturated rings. The van der Waals surface area contributed by atoms with Crippen LogP contribution < -0.4 is 0 Å². The van der Waals surface area contributed by atoms with E-state index in [4.69, 9.17) is 4.74 Å². The van der Waals surface area contributed by atoms with Crippen LogP contribution in [-0.2, 0) is 9.53 Å². The number of rotatable bonds is 5. The second-order valence-electron chi connectivity index (χ2n) is 5.50. The first-order valence-corrected chi connectivity index (χ1v) is 8.39. The van der Waals surface area contributed by atoms with Gasteiger partial charge in [0.15, 0.2) is 6.10 Å². The molecule has 0 bridgehead atoms. The predicted molar refractivity (Wildman–Crippen MR) is 98.8 cm³/mol. The summed E-state index contributed by atoms with van der Waals surface area (Å²) in [5.41, 5.74) is 2.07. The molecule has 2 aromatic carbocycles. The molecule has 0 amide bonds. The van der Waals surface area contributed by atoms with Gasteiger partial charge in [0.05, 0.1) is 0 Å². The number of carbonyl (C=O) groups is 2. The predicted octanol–water partition coefficient (Wildman–Crippen LogP) is 4.48. The minimum atomic E-state index is -0.983. The Kier molecular flexibility index (Phi) is 6.26. The van der Waals surface area contributed by atoms with Gasteiger partial charge in [-0.1, -0.05) is 57.9 Å². The minimum Gasteiger partial charge on any atom is -0.450 e. The molecule has 0 aromatic heterocycles. The van der Waals surface area contributed by atoms with Crippen LogP contribution in [0.3, 0.4) is 0 Å². The summed E-state index contributed by atoms with van der Waals surface area (Å²) in [6.07, 6.45) is 0.460. The van der Waals surface area contributed by atoms with Gasteiger partial charge < -0.3 is 4.74 Å². The highest BCUT2D eigenvalue weighted by molar-refractivity contribution is 9.10. The number of aryl methyl sites for hydroxylation is 1. The van der Waals surface area contributed by atoms with E-state index in [0.29, 0.717) is 11.1 Å². The van der Waals surface area contributed by atoms with E-state index in [0.717, 1.165) is 10.0 Å². The standard InChI is InChI=1S/C20H16BrNO3/c1-13-3-5-15(6-4-13)11-17(12-22)20(24)25-14(2)19(23)16-7-9-18(21)10-8-16/h3-11,14H,1-2H3/b17-11+/t14-/m1/s1. The number of halogens is 1. The van der Waals surface area contributed by atoms with Crippen molar-refractivity contribution in [3.63, 3.8) is 0 Å². The Bertz CT molecular complexity index is 846. The number of ketones is 1. The summed E-state index contributed by atoms with van der Waals surface area (Å²) in [5, 5.41) is 9.20. The van der Waals surface area contributed by atoms with Crippen LogP contribution in [0.25, 0.3) is 6.08 Å². The third-order valence-corrected chi connectivity index (χ3v) is 4.04. The van der Waals surface area contributed by atoms with E-state index in [-0.39, 0.29) is 11.4 Å². The lowest BCUT2D eigenvalue weighted by atomic mass is 10.1. The summed E-state index contributed by atoms with van der Waals surface area (Å²) < 4.78 is 6.00. The van der Waals surface area contributed by atoms with Crippen molar-refractivity contribution in [2.45, 2.75) is 20.0 Å². The van der Waals surface area contributed by atoms with Gasteiger partial charge in [-0.2, -0.15) is 5.26 Å². The SMILES string of the molecule is Cc1ccc(/C=C(\C#N)C(=O)O[C@H](C)C(=O)c2ccc(Br)cc2)cc1. The van der Waals surface area contributed by atoms with E-state index in [1.165, 1.54) is 13.0 Å². The average Bonchev–Trinajstić information content (AvgIpc) is 2.61. The molecular formula is C20H16BrNO3. The van der Waals surface area contributed by atoms with Crippen LogP contribution in [0.15, 0.2) is 58.6 Å². The lowest BCUT2D eigenvalue weighted by molar-refractivity contribution is -0.141. The Morgan fingerprint density at radius 2 is 1.72 bits per heavy atom. The molecule has 0 aliphatic heterocycles. The monoisotopic (exact) mass is 397 g/mol. The molecule has 0 aliphatic rings. The van der Waals surface area contributed by atoms with Crippen molar-refractivity contribution < 1.29 is 14.3 Å². The number of nitriles is 1. The Hall–Kier alpha value is -2.71. The summed E-state index contributed by atoms with van der Waals surface area (Å²) >= 11 is 3.30. The van der Waals surface area contributed by atoms with Crippen LogP contribution in [0.1, 0.15) is 28.4 Å². The Morgan fingerprint density at radius 1 is 1.12 bits per heavy atom. The minimum absolute atomic E-state index is 0.153. The number of carbonyl (C=O) groups excluding carboxylic acids is 2. The first kappa shape index (κ1) is 18.6. The van der Waals surface area contributed by atoms with Crippen molar-refractivity contribution in [1.82, 2.24) is 0 Å². The van der Waals surface area contributed by atoms with Gasteiger partial charge in [-0.25, -0.2) is 4.79 Å². The topological polar surface area (TPSA) is 67.2 Å². The summed E-state index contributed by atoms with van der Waals surface area (Å²) in [5.74, 6) is -1.14. The molecule has 2 rings (SSSR count). The number of hydrogen-bond acceptors (Lipinski definition) is 4. The van der Waals surface area contributed by atoms with Crippen LogP contribution in [0, 0.1) is 18.3 Å². The molecule has 4 nitrogen and oxygen atoms in total. The maximum Gasteiger partial charge on any atom is 0.349 e. The molecule has 0 N–H and O–H groups in total. The number of esters is 1. The third kappa shape index (κ3) is 5.13. The third-order valence-electron chi connectivity index (χ3n) is 3.51. The van der Waals surface area contributed by atoms with Crippen LogP contribution in [0.2, 0.25) is 0 Å². The Morgan fingerprint density at radius 3 is 2.28 bits per heavy atom. The first-order valence-electron chi connectivity index (χ1n) is 7.60. The summed E-state index contributed by atoms with van der Waals surface area (Å²) in [4.78, 5) is 24.5. The fourth-order valence-electron chi connectivity index (χ4n) is 2.09. The molecular weight excluding hydrogens is 382 g/mol. The molecule has 5 heteroatoms. The van der Waals surface area contributed by atoms with E-state index in [1.807, 2.05) is 25.1 Å². The zero-order valence-electron chi connectivity index (χ0n) is 13.8. The second kappa shape index (κ2) is 8.41. The molecule has 0 radical (unpaired) electrons. The van der Waals surface area contributed by atoms with Crippen LogP contribution in [0.4, 0.5) is 0 Å². The van der Waals surface area contributed by atoms with Gasteiger partial charge in [0.25, 0.3) is 0 Å². The number of Topliss-reactive ketones (excluding diaryl/α,β-unsaturated/α-hetero) is 1. The van der Waals surface area contributed by atoms with Gasteiger partial charge in [0, 0.05) is 10.0 Å². The van der Waals surface area contributed by atoms with Crippen LogP contribution in [0.5, 0.6) is 0 Å². The van der Waals surface area contributed by atoms with Crippen molar-refractivity contribution >= 4 is 33.8 Å². The maximum atomic E-state index is 12.3. The van der Waals surface area contributed by atoms with Gasteiger partial charge in [-0.15, -0.1) is 0 Å². The second-order valence-corrected chi connectivity index (χ2v) is 6.41. The Labute approximate surface area is 154 Å². The fourth-order valence-corrected chi connectivity index (χ4v) is 2.36. The first-order chi connectivity index (χ1) is 11.9. The molecule has 0 saturated carbocycles. The van der Waals surface area contributed by atoms with E-state index < -0.39 is 12.1 Å². The van der Waals surface area contributed by atoms with Gasteiger partial charge in [0.2, 0.25) is 5.78 Å². The maximum absolute atomic E-state index is 12.3. The normalized spacial score (nSPS) is 12.2. The molecule has 126 valence electrons. The number of ether oxygens (including phenoxy) is 1. The highest BCUT2D eigenvalue weighted by Gasteiger charge is 2.21. The summed E-state index contributed by atoms with van der Waals surface area (Å²) in [6.45, 7) is 3.44. The number of benzene rings is 2. The average molecular weight is 398 g/mol. The van der Waals surface area contributed by atoms with E-state index in [2.05, 4.69) is 15.9 Å². The fraction of sp³-hybridized carbons (Fsp3) is 0.150. The Balaban J connectivity index is 2.10. The van der Waals surface area contributed by atoms with Crippen molar-refractivity contribution in [2.75, 3.05) is 0 Å². The van der Waals surface area contributed by atoms with Crippen molar-refractivity contribution in [3.8, 4) is 6.07 Å². The van der Waals surface area contributed by atoms with Gasteiger partial charge in [-0.05, 0) is 37.6 Å². The smallest absolute Gasteiger partial charge is 0.349 e. The van der Waals surface area contributed by atoms with Crippen molar-refractivity contribution in [1.29, 1.82) is 5.26 Å². The van der Waals surface area contributed by atoms with E-state index >= 15 is 0 Å². The highest BCUT2D eigenvalue weighted by atomic mass is 79.9. The molecule has 1 atom stereocenters. The number of hydrogen-bond donors (Lipinski definition) is 0. The van der Waals surface area contributed by atoms with Crippen molar-refractivity contribution in [3.05, 3.63) is 75.3 Å². The van der Waals surface area contributed by atoms with Crippen LogP contribution >= 0.6 is 15.9 Å². The lowest BCUT2D eigenvalue weighted by Gasteiger charge is -2.12. The van der Waals surface area contributed by atoms with E-state index in [1.54, 1.807) is 36.4 Å². The molecule has 25 heavy (non-hydrogen) atoms. The van der Waals surface area contributed by atoms with E-state index in [9.17, 15) is 14.9 Å². The molecule has 0 heterocycles. The van der Waals surface area contributed by atoms with Gasteiger partial charge in [-0.3, -0.25) is 4.79 Å². The largest absolute Gasteiger partial charge is 0.450 e. The zero-order chi connectivity index (χ0) is 18.4. The molecule has 0 saturated heterocycles. The summed E-state index contributed by atoms with van der Waals surface area (Å²) in [6, 6.07) is 15.9. The quantitative estimate of drug-likeness (QED) is 0.322. The van der Waals surface area contributed by atoms with Gasteiger partial charge >= 0.3 is 5.97 Å². The molecule has 0 aliphatic carbocycles. The molecule has 0 unspecified atom stereocenters. The van der Waals surface area contributed by atoms with Crippen LogP contribution in [-0.4, -0.2) is 17.9 Å². The highest BCUT2D eigenvalue weighted by Crippen LogP contribution is 2.15. The van der Waals surface area contributed by atoms with Crippen molar-refractivity contribution in [2.24, 2.45) is 0 Å². The summed E-state index contributed by atoms with van der Waals surface area (Å²) in [7, 11) is 0. The zero-order valence-corrected chi connectivity index (χ0v) is 15.4. The lowest BCUT2D eigenvalue weighted by Crippen LogP contribution is -2.25.